The molecular weight excluding hydrogens is 239 g/mol. The summed E-state index contributed by atoms with van der Waals surface area (Å²) >= 11 is 5.81. The SMILES string of the molecule is CC(C)/N=C(\Cl)c1cccc(C(F)(F)F)c1. The van der Waals surface area contributed by atoms with Crippen molar-refractivity contribution in [2.75, 3.05) is 0 Å². The van der Waals surface area contributed by atoms with Crippen LogP contribution in [0.1, 0.15) is 25.0 Å². The molecule has 0 spiro atoms. The van der Waals surface area contributed by atoms with Gasteiger partial charge in [0.05, 0.1) is 5.56 Å². The van der Waals surface area contributed by atoms with Crippen LogP contribution in [-0.4, -0.2) is 11.2 Å². The second kappa shape index (κ2) is 4.87. The zero-order valence-electron chi connectivity index (χ0n) is 8.85. The van der Waals surface area contributed by atoms with E-state index in [2.05, 4.69) is 4.99 Å². The van der Waals surface area contributed by atoms with Crippen molar-refractivity contribution < 1.29 is 13.2 Å². The Balaban J connectivity index is 3.09. The Kier molecular flexibility index (Phi) is 3.97. The second-order valence-corrected chi connectivity index (χ2v) is 3.95. The van der Waals surface area contributed by atoms with Crippen LogP contribution in [0.5, 0.6) is 0 Å². The first-order chi connectivity index (χ1) is 7.30. The summed E-state index contributed by atoms with van der Waals surface area (Å²) in [5.41, 5.74) is -0.438. The Morgan fingerprint density at radius 2 is 1.94 bits per heavy atom. The third-order valence-corrected chi connectivity index (χ3v) is 2.12. The van der Waals surface area contributed by atoms with Gasteiger partial charge in [0.1, 0.15) is 5.17 Å². The van der Waals surface area contributed by atoms with Crippen LogP contribution < -0.4 is 0 Å². The van der Waals surface area contributed by atoms with E-state index in [1.54, 1.807) is 13.8 Å². The molecule has 16 heavy (non-hydrogen) atoms. The van der Waals surface area contributed by atoms with Crippen LogP contribution in [0.3, 0.4) is 0 Å². The normalized spacial score (nSPS) is 13.3. The fourth-order valence-corrected chi connectivity index (χ4v) is 1.44. The Morgan fingerprint density at radius 1 is 1.31 bits per heavy atom. The number of aliphatic imine (C=N–C) groups is 1. The van der Waals surface area contributed by atoms with Crippen LogP contribution in [0.15, 0.2) is 29.3 Å². The van der Waals surface area contributed by atoms with E-state index in [-0.39, 0.29) is 16.8 Å². The molecule has 0 aliphatic rings. The summed E-state index contributed by atoms with van der Waals surface area (Å²) in [7, 11) is 0. The van der Waals surface area contributed by atoms with E-state index in [1.165, 1.54) is 12.1 Å². The van der Waals surface area contributed by atoms with Gasteiger partial charge in [-0.05, 0) is 26.0 Å². The van der Waals surface area contributed by atoms with Crippen molar-refractivity contribution in [3.63, 3.8) is 0 Å². The van der Waals surface area contributed by atoms with Gasteiger partial charge in [0, 0.05) is 11.6 Å². The Labute approximate surface area is 97.0 Å². The number of nitrogens with zero attached hydrogens (tertiary/aromatic N) is 1. The Hall–Kier alpha value is -1.03. The first-order valence-corrected chi connectivity index (χ1v) is 5.09. The summed E-state index contributed by atoms with van der Waals surface area (Å²) in [4.78, 5) is 3.99. The van der Waals surface area contributed by atoms with E-state index in [0.29, 0.717) is 0 Å². The van der Waals surface area contributed by atoms with Crippen LogP contribution in [-0.2, 0) is 6.18 Å². The lowest BCUT2D eigenvalue weighted by Crippen LogP contribution is -2.06. The zero-order chi connectivity index (χ0) is 12.3. The van der Waals surface area contributed by atoms with Gasteiger partial charge in [0.2, 0.25) is 0 Å². The third-order valence-electron chi connectivity index (χ3n) is 1.80. The summed E-state index contributed by atoms with van der Waals surface area (Å²) < 4.78 is 37.2. The maximum Gasteiger partial charge on any atom is 0.416 e. The minimum Gasteiger partial charge on any atom is -0.270 e. The lowest BCUT2D eigenvalue weighted by molar-refractivity contribution is -0.137. The third kappa shape index (κ3) is 3.52. The lowest BCUT2D eigenvalue weighted by atomic mass is 10.1. The number of alkyl halides is 3. The molecule has 0 saturated carbocycles. The lowest BCUT2D eigenvalue weighted by Gasteiger charge is -2.08. The van der Waals surface area contributed by atoms with E-state index in [4.69, 9.17) is 11.6 Å². The molecule has 0 saturated heterocycles. The summed E-state index contributed by atoms with van der Waals surface area (Å²) in [5.74, 6) is 0. The van der Waals surface area contributed by atoms with E-state index in [9.17, 15) is 13.2 Å². The molecule has 88 valence electrons. The summed E-state index contributed by atoms with van der Waals surface area (Å²) in [6.07, 6.45) is -4.36. The fraction of sp³-hybridized carbons (Fsp3) is 0.364. The molecule has 0 aromatic heterocycles. The Morgan fingerprint density at radius 3 is 2.44 bits per heavy atom. The topological polar surface area (TPSA) is 12.4 Å². The molecule has 0 bridgehead atoms. The van der Waals surface area contributed by atoms with Gasteiger partial charge in [-0.25, -0.2) is 0 Å². The van der Waals surface area contributed by atoms with Gasteiger partial charge < -0.3 is 0 Å². The molecule has 1 nitrogen and oxygen atoms in total. The van der Waals surface area contributed by atoms with Crippen molar-refractivity contribution in [2.24, 2.45) is 4.99 Å². The molecule has 1 aromatic rings. The van der Waals surface area contributed by atoms with Gasteiger partial charge in [-0.2, -0.15) is 13.2 Å². The van der Waals surface area contributed by atoms with Gasteiger partial charge in [0.25, 0.3) is 0 Å². The summed E-state index contributed by atoms with van der Waals surface area (Å²) in [6, 6.07) is 4.76. The smallest absolute Gasteiger partial charge is 0.270 e. The largest absolute Gasteiger partial charge is 0.416 e. The van der Waals surface area contributed by atoms with Crippen LogP contribution in [0.2, 0.25) is 0 Å². The Bertz CT molecular complexity index is 396. The molecule has 0 aliphatic carbocycles. The highest BCUT2D eigenvalue weighted by atomic mass is 35.5. The standard InChI is InChI=1S/C11H11ClF3N/c1-7(2)16-10(12)8-4-3-5-9(6-8)11(13,14)15/h3-7H,1-2H3/b16-10-. The summed E-state index contributed by atoms with van der Waals surface area (Å²) in [6.45, 7) is 3.60. The molecule has 0 atom stereocenters. The molecule has 0 unspecified atom stereocenters. The van der Waals surface area contributed by atoms with Crippen LogP contribution in [0.4, 0.5) is 13.2 Å². The van der Waals surface area contributed by atoms with Crippen molar-refractivity contribution in [2.45, 2.75) is 26.1 Å². The van der Waals surface area contributed by atoms with Crippen LogP contribution in [0.25, 0.3) is 0 Å². The first-order valence-electron chi connectivity index (χ1n) is 4.71. The van der Waals surface area contributed by atoms with Gasteiger partial charge >= 0.3 is 6.18 Å². The minimum atomic E-state index is -4.36. The number of hydrogen-bond acceptors (Lipinski definition) is 1. The highest BCUT2D eigenvalue weighted by Gasteiger charge is 2.30. The zero-order valence-corrected chi connectivity index (χ0v) is 9.60. The van der Waals surface area contributed by atoms with Gasteiger partial charge in [-0.3, -0.25) is 4.99 Å². The summed E-state index contributed by atoms with van der Waals surface area (Å²) in [5, 5.41) is 0.0982. The average Bonchev–Trinajstić information content (AvgIpc) is 2.15. The van der Waals surface area contributed by atoms with Gasteiger partial charge in [0.15, 0.2) is 0 Å². The van der Waals surface area contributed by atoms with E-state index < -0.39 is 11.7 Å². The predicted octanol–water partition coefficient (Wildman–Crippen LogP) is 4.10. The van der Waals surface area contributed by atoms with Gasteiger partial charge in [-0.15, -0.1) is 0 Å². The van der Waals surface area contributed by atoms with E-state index >= 15 is 0 Å². The molecular formula is C11H11ClF3N. The quantitative estimate of drug-likeness (QED) is 0.700. The highest BCUT2D eigenvalue weighted by Crippen LogP contribution is 2.29. The number of benzene rings is 1. The van der Waals surface area contributed by atoms with Crippen molar-refractivity contribution in [1.29, 1.82) is 0 Å². The van der Waals surface area contributed by atoms with Crippen molar-refractivity contribution in [1.82, 2.24) is 0 Å². The second-order valence-electron chi connectivity index (χ2n) is 3.59. The molecule has 0 aliphatic heterocycles. The number of halogens is 4. The molecule has 1 aromatic carbocycles. The average molecular weight is 250 g/mol. The van der Waals surface area contributed by atoms with Crippen molar-refractivity contribution in [3.8, 4) is 0 Å². The van der Waals surface area contributed by atoms with Crippen molar-refractivity contribution >= 4 is 16.8 Å². The van der Waals surface area contributed by atoms with Crippen molar-refractivity contribution in [3.05, 3.63) is 35.4 Å². The maximum atomic E-state index is 12.4. The highest BCUT2D eigenvalue weighted by molar-refractivity contribution is 6.69. The monoisotopic (exact) mass is 249 g/mol. The first kappa shape index (κ1) is 13.0. The van der Waals surface area contributed by atoms with E-state index in [1.807, 2.05) is 0 Å². The molecule has 0 radical (unpaired) electrons. The van der Waals surface area contributed by atoms with Crippen LogP contribution in [0, 0.1) is 0 Å². The minimum absolute atomic E-state index is 0.0537. The number of hydrogen-bond donors (Lipinski definition) is 0. The molecule has 0 amide bonds. The molecule has 1 rings (SSSR count). The molecule has 0 N–H and O–H groups in total. The predicted molar refractivity (Wildman–Crippen MR) is 59.0 cm³/mol. The fourth-order valence-electron chi connectivity index (χ4n) is 1.13. The van der Waals surface area contributed by atoms with Crippen LogP contribution >= 0.6 is 11.6 Å². The maximum absolute atomic E-state index is 12.4. The molecule has 5 heteroatoms. The molecule has 0 fully saturated rings. The van der Waals surface area contributed by atoms with Gasteiger partial charge in [-0.1, -0.05) is 23.7 Å². The number of rotatable bonds is 2. The van der Waals surface area contributed by atoms with E-state index in [0.717, 1.165) is 12.1 Å². The molecule has 0 heterocycles.